The standard InChI is InChI=1S/C18H20N2O4/c21-13-16(17(22)23)19-18(24)20(11-14-7-3-1-4-8-14)12-15-9-5-2-6-10-15/h1-10,16,21H,11-13H2,(H,19,24)(H,22,23)/t16-/m1/s1. The van der Waals surface area contributed by atoms with Gasteiger partial charge in [-0.25, -0.2) is 9.59 Å². The Morgan fingerprint density at radius 3 is 1.75 bits per heavy atom. The average molecular weight is 328 g/mol. The molecule has 0 aliphatic heterocycles. The molecule has 0 aromatic heterocycles. The quantitative estimate of drug-likeness (QED) is 0.723. The summed E-state index contributed by atoms with van der Waals surface area (Å²) in [7, 11) is 0. The van der Waals surface area contributed by atoms with Gasteiger partial charge in [0.05, 0.1) is 6.61 Å². The fourth-order valence-electron chi connectivity index (χ4n) is 2.23. The Bertz CT molecular complexity index is 620. The molecular formula is C18H20N2O4. The maximum atomic E-state index is 12.5. The van der Waals surface area contributed by atoms with Crippen molar-refractivity contribution in [2.75, 3.05) is 6.61 Å². The molecule has 24 heavy (non-hydrogen) atoms. The van der Waals surface area contributed by atoms with E-state index in [0.29, 0.717) is 13.1 Å². The van der Waals surface area contributed by atoms with Crippen LogP contribution in [0.3, 0.4) is 0 Å². The van der Waals surface area contributed by atoms with Gasteiger partial charge >= 0.3 is 12.0 Å². The van der Waals surface area contributed by atoms with Crippen LogP contribution in [0, 0.1) is 0 Å². The summed E-state index contributed by atoms with van der Waals surface area (Å²) in [6, 6.07) is 17.0. The van der Waals surface area contributed by atoms with E-state index in [0.717, 1.165) is 11.1 Å². The zero-order valence-electron chi connectivity index (χ0n) is 13.1. The SMILES string of the molecule is O=C(O)[C@@H](CO)NC(=O)N(Cc1ccccc1)Cc1ccccc1. The van der Waals surface area contributed by atoms with Gasteiger partial charge in [0.15, 0.2) is 6.04 Å². The molecule has 2 amide bonds. The summed E-state index contributed by atoms with van der Waals surface area (Å²) in [6.45, 7) is 0.00422. The first kappa shape index (κ1) is 17.5. The summed E-state index contributed by atoms with van der Waals surface area (Å²) < 4.78 is 0. The maximum Gasteiger partial charge on any atom is 0.328 e. The van der Waals surface area contributed by atoms with Gasteiger partial charge in [0.2, 0.25) is 0 Å². The van der Waals surface area contributed by atoms with Crippen LogP contribution in [0.1, 0.15) is 11.1 Å². The fourth-order valence-corrected chi connectivity index (χ4v) is 2.23. The molecule has 0 saturated heterocycles. The first-order valence-electron chi connectivity index (χ1n) is 7.57. The van der Waals surface area contributed by atoms with Crippen LogP contribution in [0.5, 0.6) is 0 Å². The lowest BCUT2D eigenvalue weighted by atomic mass is 10.2. The first-order valence-corrected chi connectivity index (χ1v) is 7.57. The number of hydrogen-bond acceptors (Lipinski definition) is 3. The summed E-state index contributed by atoms with van der Waals surface area (Å²) in [5, 5.41) is 20.4. The molecule has 126 valence electrons. The van der Waals surface area contributed by atoms with Crippen LogP contribution in [0.2, 0.25) is 0 Å². The van der Waals surface area contributed by atoms with Gasteiger partial charge in [0.1, 0.15) is 0 Å². The number of urea groups is 1. The van der Waals surface area contributed by atoms with E-state index in [9.17, 15) is 9.59 Å². The Hall–Kier alpha value is -2.86. The second-order valence-electron chi connectivity index (χ2n) is 5.35. The summed E-state index contributed by atoms with van der Waals surface area (Å²) in [6.07, 6.45) is 0. The topological polar surface area (TPSA) is 89.9 Å². The Morgan fingerprint density at radius 2 is 1.38 bits per heavy atom. The van der Waals surface area contributed by atoms with Crippen molar-refractivity contribution in [2.24, 2.45) is 0 Å². The molecule has 2 aromatic rings. The number of benzene rings is 2. The third kappa shape index (κ3) is 5.10. The molecule has 3 N–H and O–H groups in total. The summed E-state index contributed by atoms with van der Waals surface area (Å²) in [4.78, 5) is 25.0. The highest BCUT2D eigenvalue weighted by Gasteiger charge is 2.22. The van der Waals surface area contributed by atoms with Crippen LogP contribution in [-0.4, -0.2) is 39.8 Å². The maximum absolute atomic E-state index is 12.5. The van der Waals surface area contributed by atoms with E-state index in [1.165, 1.54) is 4.90 Å². The molecule has 0 fully saturated rings. The van der Waals surface area contributed by atoms with Gasteiger partial charge in [0, 0.05) is 13.1 Å². The zero-order valence-corrected chi connectivity index (χ0v) is 13.1. The van der Waals surface area contributed by atoms with Crippen molar-refractivity contribution in [1.82, 2.24) is 10.2 Å². The molecule has 6 heteroatoms. The Kier molecular flexibility index (Phi) is 6.33. The number of nitrogens with zero attached hydrogens (tertiary/aromatic N) is 1. The summed E-state index contributed by atoms with van der Waals surface area (Å²) in [5.74, 6) is -1.27. The highest BCUT2D eigenvalue weighted by Crippen LogP contribution is 2.10. The van der Waals surface area contributed by atoms with Crippen molar-refractivity contribution < 1.29 is 19.8 Å². The van der Waals surface area contributed by atoms with E-state index in [1.54, 1.807) is 0 Å². The second-order valence-corrected chi connectivity index (χ2v) is 5.35. The minimum atomic E-state index is -1.33. The number of carboxylic acids is 1. The molecule has 0 spiro atoms. The Morgan fingerprint density at radius 1 is 0.917 bits per heavy atom. The molecule has 0 unspecified atom stereocenters. The molecule has 0 radical (unpaired) electrons. The molecule has 2 rings (SSSR count). The third-order valence-electron chi connectivity index (χ3n) is 3.50. The highest BCUT2D eigenvalue weighted by atomic mass is 16.4. The molecule has 0 heterocycles. The predicted octanol–water partition coefficient (Wildman–Crippen LogP) is 1.84. The minimum absolute atomic E-state index is 0.333. The third-order valence-corrected chi connectivity index (χ3v) is 3.50. The summed E-state index contributed by atoms with van der Waals surface area (Å²) >= 11 is 0. The van der Waals surface area contributed by atoms with Crippen LogP contribution in [0.15, 0.2) is 60.7 Å². The molecule has 0 aliphatic carbocycles. The number of nitrogens with one attached hydrogen (secondary N) is 1. The monoisotopic (exact) mass is 328 g/mol. The molecule has 6 nitrogen and oxygen atoms in total. The Balaban J connectivity index is 2.15. The Labute approximate surface area is 140 Å². The molecule has 0 aliphatic rings. The van der Waals surface area contributed by atoms with Crippen LogP contribution >= 0.6 is 0 Å². The van der Waals surface area contributed by atoms with E-state index >= 15 is 0 Å². The van der Waals surface area contributed by atoms with Crippen LogP contribution in [-0.2, 0) is 17.9 Å². The van der Waals surface area contributed by atoms with Crippen LogP contribution < -0.4 is 5.32 Å². The van der Waals surface area contributed by atoms with Gasteiger partial charge < -0.3 is 20.4 Å². The number of aliphatic carboxylic acids is 1. The minimum Gasteiger partial charge on any atom is -0.480 e. The fraction of sp³-hybridized carbons (Fsp3) is 0.222. The lowest BCUT2D eigenvalue weighted by Crippen LogP contribution is -2.49. The van der Waals surface area contributed by atoms with E-state index in [2.05, 4.69) is 5.32 Å². The van der Waals surface area contributed by atoms with Crippen LogP contribution in [0.25, 0.3) is 0 Å². The number of carbonyl (C=O) groups is 2. The number of rotatable bonds is 7. The lowest BCUT2D eigenvalue weighted by molar-refractivity contribution is -0.140. The predicted molar refractivity (Wildman–Crippen MR) is 89.2 cm³/mol. The number of carbonyl (C=O) groups excluding carboxylic acids is 1. The second kappa shape index (κ2) is 8.69. The van der Waals surface area contributed by atoms with E-state index in [4.69, 9.17) is 10.2 Å². The number of hydrogen-bond donors (Lipinski definition) is 3. The number of aliphatic hydroxyl groups is 1. The van der Waals surface area contributed by atoms with Gasteiger partial charge in [0.25, 0.3) is 0 Å². The smallest absolute Gasteiger partial charge is 0.328 e. The average Bonchev–Trinajstić information content (AvgIpc) is 2.60. The molecule has 2 aromatic carbocycles. The number of aliphatic hydroxyl groups excluding tert-OH is 1. The van der Waals surface area contributed by atoms with Gasteiger partial charge in [-0.15, -0.1) is 0 Å². The molecule has 1 atom stereocenters. The normalized spacial score (nSPS) is 11.5. The van der Waals surface area contributed by atoms with Crippen molar-refractivity contribution >= 4 is 12.0 Å². The first-order chi connectivity index (χ1) is 11.6. The van der Waals surface area contributed by atoms with E-state index in [-0.39, 0.29) is 0 Å². The summed E-state index contributed by atoms with van der Waals surface area (Å²) in [5.41, 5.74) is 1.86. The van der Waals surface area contributed by atoms with Crippen molar-refractivity contribution in [3.63, 3.8) is 0 Å². The largest absolute Gasteiger partial charge is 0.480 e. The zero-order chi connectivity index (χ0) is 17.4. The molecular weight excluding hydrogens is 308 g/mol. The molecule has 0 bridgehead atoms. The highest BCUT2D eigenvalue weighted by molar-refractivity contribution is 5.82. The van der Waals surface area contributed by atoms with Crippen molar-refractivity contribution in [1.29, 1.82) is 0 Å². The van der Waals surface area contributed by atoms with E-state index < -0.39 is 24.6 Å². The van der Waals surface area contributed by atoms with Crippen molar-refractivity contribution in [2.45, 2.75) is 19.1 Å². The number of carboxylic acid groups (broad SMARTS) is 1. The van der Waals surface area contributed by atoms with Crippen molar-refractivity contribution in [3.8, 4) is 0 Å². The van der Waals surface area contributed by atoms with Gasteiger partial charge in [-0.3, -0.25) is 0 Å². The van der Waals surface area contributed by atoms with Gasteiger partial charge in [-0.2, -0.15) is 0 Å². The van der Waals surface area contributed by atoms with E-state index in [1.807, 2.05) is 60.7 Å². The van der Waals surface area contributed by atoms with Crippen molar-refractivity contribution in [3.05, 3.63) is 71.8 Å². The lowest BCUT2D eigenvalue weighted by Gasteiger charge is -2.25. The molecule has 0 saturated carbocycles. The van der Waals surface area contributed by atoms with Gasteiger partial charge in [-0.1, -0.05) is 60.7 Å². The number of amides is 2. The van der Waals surface area contributed by atoms with Crippen LogP contribution in [0.4, 0.5) is 4.79 Å². The van der Waals surface area contributed by atoms with Gasteiger partial charge in [-0.05, 0) is 11.1 Å².